The summed E-state index contributed by atoms with van der Waals surface area (Å²) >= 11 is -4.14. The van der Waals surface area contributed by atoms with E-state index in [1.807, 2.05) is 0 Å². The van der Waals surface area contributed by atoms with Gasteiger partial charge in [0, 0.05) is 0 Å². The van der Waals surface area contributed by atoms with Crippen LogP contribution in [0.3, 0.4) is 0 Å². The van der Waals surface area contributed by atoms with Crippen molar-refractivity contribution in [1.29, 1.82) is 0 Å². The highest BCUT2D eigenvalue weighted by molar-refractivity contribution is 7.80. The second-order valence-electron chi connectivity index (χ2n) is 9.17. The Morgan fingerprint density at radius 3 is 1.70 bits per heavy atom. The van der Waals surface area contributed by atoms with Crippen molar-refractivity contribution in [3.05, 3.63) is 0 Å². The van der Waals surface area contributed by atoms with Gasteiger partial charge in [0.1, 0.15) is 6.10 Å². The van der Waals surface area contributed by atoms with Crippen LogP contribution in [0, 0.1) is 29.6 Å². The van der Waals surface area contributed by atoms with Crippen molar-refractivity contribution in [3.63, 3.8) is 0 Å². The summed E-state index contributed by atoms with van der Waals surface area (Å²) < 4.78 is 47.6. The quantitative estimate of drug-likeness (QED) is 0.386. The van der Waals surface area contributed by atoms with E-state index in [1.165, 1.54) is 0 Å². The fraction of sp³-hybridized carbons (Fsp3) is 0.900. The Morgan fingerprint density at radius 2 is 1.23 bits per heavy atom. The first-order valence-electron chi connectivity index (χ1n) is 10.8. The molecule has 0 amide bonds. The molecule has 3 N–H and O–H groups in total. The Hall–Kier alpha value is -0.840. The normalized spacial score (nSPS) is 42.1. The van der Waals surface area contributed by atoms with E-state index in [-0.39, 0.29) is 5.92 Å². The fourth-order valence-corrected chi connectivity index (χ4v) is 8.00. The van der Waals surface area contributed by atoms with Gasteiger partial charge in [-0.3, -0.25) is 9.59 Å². The van der Waals surface area contributed by atoms with E-state index in [1.54, 1.807) is 0 Å². The summed E-state index contributed by atoms with van der Waals surface area (Å²) in [7, 11) is 0. The number of carboxylic acids is 1. The zero-order valence-electron chi connectivity index (χ0n) is 17.0. The molecule has 172 valence electrons. The molecule has 0 bridgehead atoms. The molecule has 0 aromatic carbocycles. The Balaban J connectivity index is 1.54. The monoisotopic (exact) mass is 464 g/mol. The minimum absolute atomic E-state index is 0.289. The molecular weight excluding hydrogens is 432 g/mol. The molecular formula is C20H32O8S2. The topological polar surface area (TPSA) is 138 Å². The van der Waals surface area contributed by atoms with E-state index in [0.29, 0.717) is 49.9 Å². The molecule has 3 saturated carbocycles. The van der Waals surface area contributed by atoms with Gasteiger partial charge in [-0.05, 0) is 87.9 Å². The Kier molecular flexibility index (Phi) is 8.46. The number of aliphatic carboxylic acids is 1. The number of carboxylic acid groups (broad SMARTS) is 1. The lowest BCUT2D eigenvalue weighted by atomic mass is 9.65. The number of ether oxygens (including phenoxy) is 1. The molecule has 0 radical (unpaired) electrons. The van der Waals surface area contributed by atoms with Gasteiger partial charge in [0.2, 0.25) is 0 Å². The predicted octanol–water partition coefficient (Wildman–Crippen LogP) is 2.82. The molecule has 3 aliphatic carbocycles. The van der Waals surface area contributed by atoms with Crippen LogP contribution in [-0.4, -0.2) is 51.7 Å². The minimum Gasteiger partial charge on any atom is -0.481 e. The van der Waals surface area contributed by atoms with Gasteiger partial charge in [0.05, 0.1) is 16.4 Å². The zero-order chi connectivity index (χ0) is 21.8. The van der Waals surface area contributed by atoms with Gasteiger partial charge in [-0.25, -0.2) is 8.42 Å². The molecule has 0 heterocycles. The maximum atomic E-state index is 11.7. The third-order valence-electron chi connectivity index (χ3n) is 7.82. The van der Waals surface area contributed by atoms with Crippen LogP contribution in [0.15, 0.2) is 0 Å². The summed E-state index contributed by atoms with van der Waals surface area (Å²) in [5.41, 5.74) is 0. The van der Waals surface area contributed by atoms with Crippen LogP contribution < -0.4 is 0 Å². The molecule has 10 heteroatoms. The Labute approximate surface area is 182 Å². The van der Waals surface area contributed by atoms with Gasteiger partial charge in [0.25, 0.3) is 6.47 Å². The van der Waals surface area contributed by atoms with Gasteiger partial charge in [0.15, 0.2) is 22.2 Å². The highest BCUT2D eigenvalue weighted by Gasteiger charge is 2.43. The third kappa shape index (κ3) is 5.49. The van der Waals surface area contributed by atoms with E-state index in [2.05, 4.69) is 0 Å². The van der Waals surface area contributed by atoms with Crippen molar-refractivity contribution in [1.82, 2.24) is 0 Å². The van der Waals surface area contributed by atoms with E-state index in [4.69, 9.17) is 4.74 Å². The molecule has 0 spiro atoms. The minimum atomic E-state index is -2.12. The van der Waals surface area contributed by atoms with Crippen LogP contribution in [0.1, 0.15) is 64.2 Å². The van der Waals surface area contributed by atoms with E-state index in [9.17, 15) is 32.2 Å². The lowest BCUT2D eigenvalue weighted by Gasteiger charge is -2.43. The second kappa shape index (κ2) is 10.7. The number of hydrogen-bond donors (Lipinski definition) is 3. The standard InChI is InChI=1S/C20H32O8S2/c21-11-28-17-8-6-15(10-19(17)30(26)27)13-3-1-12(2-4-13)14-5-7-16(20(22)23)18(9-14)29(24)25/h11-19H,1-10H2,(H,22,23)(H,24,25)(H,26,27). The molecule has 3 fully saturated rings. The number of carbonyl (C=O) groups excluding carboxylic acids is 1. The van der Waals surface area contributed by atoms with Gasteiger partial charge < -0.3 is 18.9 Å². The first kappa shape index (κ1) is 23.8. The first-order chi connectivity index (χ1) is 14.3. The number of rotatable bonds is 7. The largest absolute Gasteiger partial charge is 0.481 e. The summed E-state index contributed by atoms with van der Waals surface area (Å²) in [5, 5.41) is 8.12. The van der Waals surface area contributed by atoms with Crippen molar-refractivity contribution in [2.24, 2.45) is 29.6 Å². The molecule has 0 aromatic heterocycles. The van der Waals surface area contributed by atoms with Crippen molar-refractivity contribution in [2.75, 3.05) is 0 Å². The van der Waals surface area contributed by atoms with Crippen LogP contribution >= 0.6 is 0 Å². The average molecular weight is 465 g/mol. The van der Waals surface area contributed by atoms with E-state index >= 15 is 0 Å². The smallest absolute Gasteiger partial charge is 0.307 e. The Bertz CT molecular complexity index is 663. The van der Waals surface area contributed by atoms with Crippen LogP contribution in [0.5, 0.6) is 0 Å². The SMILES string of the molecule is O=COC1CCC(C2CCC(C3CCC(C(=O)O)C(S(=O)O)C3)CC2)CC1S(=O)O. The van der Waals surface area contributed by atoms with Crippen molar-refractivity contribution in [3.8, 4) is 0 Å². The lowest BCUT2D eigenvalue weighted by molar-refractivity contribution is -0.143. The first-order valence-corrected chi connectivity index (χ1v) is 13.2. The molecule has 8 nitrogen and oxygen atoms in total. The molecule has 0 aliphatic heterocycles. The van der Waals surface area contributed by atoms with Crippen LogP contribution in [0.2, 0.25) is 0 Å². The zero-order valence-corrected chi connectivity index (χ0v) is 18.6. The molecule has 0 aromatic rings. The maximum Gasteiger partial charge on any atom is 0.307 e. The summed E-state index contributed by atoms with van der Waals surface area (Å²) in [5.74, 6) is -0.156. The predicted molar refractivity (Wildman–Crippen MR) is 111 cm³/mol. The van der Waals surface area contributed by atoms with E-state index in [0.717, 1.165) is 38.5 Å². The molecule has 8 unspecified atom stereocenters. The maximum absolute atomic E-state index is 11.7. The van der Waals surface area contributed by atoms with Crippen LogP contribution in [-0.2, 0) is 36.5 Å². The van der Waals surface area contributed by atoms with Gasteiger partial charge in [-0.1, -0.05) is 0 Å². The molecule has 30 heavy (non-hydrogen) atoms. The fourth-order valence-electron chi connectivity index (χ4n) is 6.18. The van der Waals surface area contributed by atoms with Gasteiger partial charge in [-0.2, -0.15) is 0 Å². The van der Waals surface area contributed by atoms with Crippen molar-refractivity contribution in [2.45, 2.75) is 80.8 Å². The van der Waals surface area contributed by atoms with Crippen LogP contribution in [0.25, 0.3) is 0 Å². The summed E-state index contributed by atoms with van der Waals surface area (Å²) in [6.45, 7) is 0.363. The lowest BCUT2D eigenvalue weighted by Crippen LogP contribution is -2.42. The van der Waals surface area contributed by atoms with Gasteiger partial charge in [-0.15, -0.1) is 0 Å². The molecule has 8 atom stereocenters. The highest BCUT2D eigenvalue weighted by atomic mass is 32.2. The third-order valence-corrected chi connectivity index (χ3v) is 9.87. The number of hydrogen-bond acceptors (Lipinski definition) is 5. The number of carbonyl (C=O) groups is 2. The molecule has 3 rings (SSSR count). The summed E-state index contributed by atoms with van der Waals surface area (Å²) in [4.78, 5) is 22.1. The Morgan fingerprint density at radius 1 is 0.767 bits per heavy atom. The molecule has 3 aliphatic rings. The molecule has 0 saturated heterocycles. The second-order valence-corrected chi connectivity index (χ2v) is 11.5. The average Bonchev–Trinajstić information content (AvgIpc) is 2.73. The van der Waals surface area contributed by atoms with Crippen LogP contribution in [0.4, 0.5) is 0 Å². The summed E-state index contributed by atoms with van der Waals surface area (Å²) in [6, 6.07) is 0. The van der Waals surface area contributed by atoms with Crippen molar-refractivity contribution >= 4 is 34.6 Å². The summed E-state index contributed by atoms with van der Waals surface area (Å²) in [6.07, 6.45) is 7.41. The van der Waals surface area contributed by atoms with Crippen molar-refractivity contribution < 1.29 is 37.0 Å². The highest BCUT2D eigenvalue weighted by Crippen LogP contribution is 2.46. The van der Waals surface area contributed by atoms with Gasteiger partial charge >= 0.3 is 5.97 Å². The van der Waals surface area contributed by atoms with E-state index < -0.39 is 50.7 Å².